The number of ether oxygens (including phenoxy) is 2. The number of aromatic nitrogens is 4. The average molecular weight is 590 g/mol. The second kappa shape index (κ2) is 12.9. The number of amides is 1. The average Bonchev–Trinajstić information content (AvgIpc) is 3.38. The molecule has 1 saturated heterocycles. The molecule has 0 saturated carbocycles. The number of benzene rings is 2. The molecule has 1 aliphatic heterocycles. The second-order valence-corrected chi connectivity index (χ2v) is 9.54. The fraction of sp³-hybridized carbons (Fsp3) is 0.296. The Morgan fingerprint density at radius 2 is 1.85 bits per heavy atom. The molecule has 0 spiro atoms. The van der Waals surface area contributed by atoms with E-state index >= 15 is 0 Å². The molecule has 4 aromatic rings. The van der Waals surface area contributed by atoms with Gasteiger partial charge in [-0.25, -0.2) is 9.78 Å². The van der Waals surface area contributed by atoms with Crippen molar-refractivity contribution >= 4 is 35.0 Å². The Kier molecular flexibility index (Phi) is 9.35. The molecule has 0 aliphatic carbocycles. The Morgan fingerprint density at radius 3 is 2.51 bits per heavy atom. The van der Waals surface area contributed by atoms with E-state index in [1.165, 1.54) is 0 Å². The molecule has 0 bridgehead atoms. The van der Waals surface area contributed by atoms with E-state index < -0.39 is 12.1 Å². The molecule has 4 N–H and O–H groups in total. The van der Waals surface area contributed by atoms with Crippen LogP contribution in [0.3, 0.4) is 0 Å². The lowest BCUT2D eigenvalue weighted by atomic mass is 9.94. The Hall–Kier alpha value is -4.30. The quantitative estimate of drug-likeness (QED) is 0.234. The van der Waals surface area contributed by atoms with Gasteiger partial charge in [0.2, 0.25) is 4.77 Å². The van der Waals surface area contributed by atoms with Crippen molar-refractivity contribution in [2.24, 2.45) is 0 Å². The number of carbonyl (C=O) groups is 2. The molecule has 3 heterocycles. The van der Waals surface area contributed by atoms with Crippen molar-refractivity contribution in [1.82, 2.24) is 25.5 Å². The van der Waals surface area contributed by atoms with Gasteiger partial charge in [0.05, 0.1) is 18.0 Å². The van der Waals surface area contributed by atoms with Crippen molar-refractivity contribution in [3.8, 4) is 5.75 Å². The van der Waals surface area contributed by atoms with Crippen LogP contribution in [0.15, 0.2) is 54.6 Å². The van der Waals surface area contributed by atoms with Gasteiger partial charge in [-0.2, -0.15) is 13.2 Å². The van der Waals surface area contributed by atoms with Crippen LogP contribution < -0.4 is 10.1 Å². The van der Waals surface area contributed by atoms with Gasteiger partial charge in [-0.15, -0.1) is 0 Å². The summed E-state index contributed by atoms with van der Waals surface area (Å²) in [5.74, 6) is -1.60. The van der Waals surface area contributed by atoms with Crippen LogP contribution in [0.1, 0.15) is 39.8 Å². The smallest absolute Gasteiger partial charge is 0.489 e. The summed E-state index contributed by atoms with van der Waals surface area (Å²) in [5, 5.41) is 17.1. The largest absolute Gasteiger partial charge is 0.490 e. The number of aliphatic carboxylic acids is 1. The number of hydrogen-bond donors (Lipinski definition) is 4. The molecule has 41 heavy (non-hydrogen) atoms. The Labute approximate surface area is 236 Å². The fourth-order valence-corrected chi connectivity index (χ4v) is 4.42. The zero-order valence-corrected chi connectivity index (χ0v) is 22.5. The predicted molar refractivity (Wildman–Crippen MR) is 144 cm³/mol. The van der Waals surface area contributed by atoms with E-state index in [1.54, 1.807) is 12.1 Å². The highest BCUT2D eigenvalue weighted by Crippen LogP contribution is 2.24. The first kappa shape index (κ1) is 29.7. The molecule has 5 rings (SSSR count). The number of alkyl halides is 3. The number of hydrogen-bond acceptors (Lipinski definition) is 7. The minimum Gasteiger partial charge on any atom is -0.489 e. The van der Waals surface area contributed by atoms with E-state index in [9.17, 15) is 18.0 Å². The first-order chi connectivity index (χ1) is 19.5. The second-order valence-electron chi connectivity index (χ2n) is 9.16. The van der Waals surface area contributed by atoms with E-state index in [0.717, 1.165) is 22.2 Å². The lowest BCUT2D eigenvalue weighted by molar-refractivity contribution is -0.192. The van der Waals surface area contributed by atoms with Gasteiger partial charge in [-0.05, 0) is 62.0 Å². The standard InChI is InChI=1S/C25H25N5O3S.C2HF3O2/c1-15-12-17(19-4-2-3-5-21(19)26-15)13-33-18-8-6-16(7-9-18)24(31)27-22-10-11-32-14-20(22)23-28-25(34)30-29-23;3-2(4,5)1(6)7/h2-9,12,20,22H,10-11,13-14H2,1H3,(H,27,31)(H2,28,29,30,34);(H,6,7)/t20-,22-;/m0./s1. The zero-order valence-electron chi connectivity index (χ0n) is 21.7. The van der Waals surface area contributed by atoms with Crippen molar-refractivity contribution < 1.29 is 37.3 Å². The third kappa shape index (κ3) is 7.89. The van der Waals surface area contributed by atoms with Gasteiger partial charge < -0.3 is 19.9 Å². The van der Waals surface area contributed by atoms with E-state index in [2.05, 4.69) is 25.5 Å². The molecule has 14 heteroatoms. The molecule has 2 atom stereocenters. The predicted octanol–water partition coefficient (Wildman–Crippen LogP) is 4.84. The summed E-state index contributed by atoms with van der Waals surface area (Å²) in [6.45, 7) is 3.45. The molecular formula is C27H26F3N5O5S. The number of carboxylic acid groups (broad SMARTS) is 1. The van der Waals surface area contributed by atoms with E-state index in [0.29, 0.717) is 48.1 Å². The minimum atomic E-state index is -5.08. The van der Waals surface area contributed by atoms with Gasteiger partial charge in [0.25, 0.3) is 5.91 Å². The number of pyridine rings is 1. The van der Waals surface area contributed by atoms with Gasteiger partial charge in [0, 0.05) is 34.9 Å². The molecule has 0 radical (unpaired) electrons. The highest BCUT2D eigenvalue weighted by atomic mass is 32.1. The maximum absolute atomic E-state index is 12.9. The number of nitrogens with one attached hydrogen (secondary N) is 3. The zero-order chi connectivity index (χ0) is 29.6. The Balaban J connectivity index is 0.000000493. The summed E-state index contributed by atoms with van der Waals surface area (Å²) >= 11 is 5.06. The third-order valence-corrected chi connectivity index (χ3v) is 6.42. The van der Waals surface area contributed by atoms with Gasteiger partial charge in [0.1, 0.15) is 18.2 Å². The van der Waals surface area contributed by atoms with Crippen LogP contribution in [0.25, 0.3) is 10.9 Å². The number of carbonyl (C=O) groups excluding carboxylic acids is 1. The highest BCUT2D eigenvalue weighted by molar-refractivity contribution is 7.71. The van der Waals surface area contributed by atoms with Crippen molar-refractivity contribution in [3.05, 3.63) is 82.0 Å². The molecule has 2 aromatic carbocycles. The molecule has 10 nitrogen and oxygen atoms in total. The van der Waals surface area contributed by atoms with Crippen molar-refractivity contribution in [3.63, 3.8) is 0 Å². The van der Waals surface area contributed by atoms with Gasteiger partial charge in [-0.3, -0.25) is 20.0 Å². The molecule has 1 aliphatic rings. The summed E-state index contributed by atoms with van der Waals surface area (Å²) in [6, 6.07) is 17.2. The number of H-pyrrole nitrogens is 2. The molecule has 2 aromatic heterocycles. The number of aromatic amines is 2. The fourth-order valence-electron chi connectivity index (χ4n) is 4.27. The van der Waals surface area contributed by atoms with Gasteiger partial charge in [-0.1, -0.05) is 18.2 Å². The van der Waals surface area contributed by atoms with Gasteiger partial charge in [0.15, 0.2) is 0 Å². The molecule has 0 unspecified atom stereocenters. The summed E-state index contributed by atoms with van der Waals surface area (Å²) in [7, 11) is 0. The van der Waals surface area contributed by atoms with Crippen LogP contribution in [0.5, 0.6) is 5.75 Å². The number of aryl methyl sites for hydroxylation is 1. The molecule has 1 fully saturated rings. The maximum atomic E-state index is 12.9. The van der Waals surface area contributed by atoms with Crippen LogP contribution in [0.2, 0.25) is 0 Å². The SMILES string of the molecule is Cc1cc(COc2ccc(C(=O)N[C@H]3CCOC[C@@H]3c3nc(=S)[nH][nH]3)cc2)c2ccccc2n1.O=C(O)C(F)(F)F. The van der Waals surface area contributed by atoms with E-state index in [1.807, 2.05) is 49.4 Å². The normalized spacial score (nSPS) is 16.9. The van der Waals surface area contributed by atoms with E-state index in [-0.39, 0.29) is 17.9 Å². The summed E-state index contributed by atoms with van der Waals surface area (Å²) in [6.07, 6.45) is -4.38. The molecule has 216 valence electrons. The number of nitrogens with zero attached hydrogens (tertiary/aromatic N) is 2. The number of fused-ring (bicyclic) bond motifs is 1. The lowest BCUT2D eigenvalue weighted by Crippen LogP contribution is -2.44. The van der Waals surface area contributed by atoms with Crippen LogP contribution >= 0.6 is 12.2 Å². The highest BCUT2D eigenvalue weighted by Gasteiger charge is 2.38. The lowest BCUT2D eigenvalue weighted by Gasteiger charge is -2.30. The minimum absolute atomic E-state index is 0.0908. The number of rotatable bonds is 6. The third-order valence-electron chi connectivity index (χ3n) is 6.23. The first-order valence-electron chi connectivity index (χ1n) is 12.4. The summed E-state index contributed by atoms with van der Waals surface area (Å²) in [5.41, 5.74) is 3.55. The van der Waals surface area contributed by atoms with Crippen LogP contribution in [0, 0.1) is 11.7 Å². The monoisotopic (exact) mass is 589 g/mol. The first-order valence-corrected chi connectivity index (χ1v) is 12.8. The number of para-hydroxylation sites is 1. The van der Waals surface area contributed by atoms with Crippen molar-refractivity contribution in [1.29, 1.82) is 0 Å². The van der Waals surface area contributed by atoms with Crippen molar-refractivity contribution in [2.45, 2.75) is 38.1 Å². The number of halogens is 3. The van der Waals surface area contributed by atoms with Crippen LogP contribution in [0.4, 0.5) is 13.2 Å². The Morgan fingerprint density at radius 1 is 1.15 bits per heavy atom. The number of carboxylic acids is 1. The maximum Gasteiger partial charge on any atom is 0.490 e. The van der Waals surface area contributed by atoms with Crippen molar-refractivity contribution in [2.75, 3.05) is 13.2 Å². The van der Waals surface area contributed by atoms with Crippen LogP contribution in [-0.4, -0.2) is 62.6 Å². The topological polar surface area (TPSA) is 142 Å². The van der Waals surface area contributed by atoms with Gasteiger partial charge >= 0.3 is 12.1 Å². The summed E-state index contributed by atoms with van der Waals surface area (Å²) < 4.78 is 43.7. The summed E-state index contributed by atoms with van der Waals surface area (Å²) in [4.78, 5) is 30.7. The molecule has 1 amide bonds. The molecular weight excluding hydrogens is 563 g/mol. The van der Waals surface area contributed by atoms with Crippen LogP contribution in [-0.2, 0) is 16.1 Å². The Bertz CT molecular complexity index is 1570. The van der Waals surface area contributed by atoms with E-state index in [4.69, 9.17) is 31.6 Å².